The van der Waals surface area contributed by atoms with Gasteiger partial charge in [0.25, 0.3) is 0 Å². The van der Waals surface area contributed by atoms with Gasteiger partial charge >= 0.3 is 5.97 Å². The zero-order chi connectivity index (χ0) is 20.2. The van der Waals surface area contributed by atoms with Gasteiger partial charge in [-0.15, -0.1) is 0 Å². The fraction of sp³-hybridized carbons (Fsp3) is 0.389. The SMILES string of the molecule is CCOC(=O)CC(O)c1cccnc1Cl.OCCC(O)c1cccnc1Cl. The fourth-order valence-electron chi connectivity index (χ4n) is 2.06. The number of esters is 1. The quantitative estimate of drug-likeness (QED) is 0.469. The number of carbonyl (C=O) groups is 1. The van der Waals surface area contributed by atoms with E-state index in [1.807, 2.05) is 0 Å². The van der Waals surface area contributed by atoms with Gasteiger partial charge in [-0.05, 0) is 19.1 Å². The Morgan fingerprint density at radius 2 is 1.59 bits per heavy atom. The monoisotopic (exact) mass is 416 g/mol. The van der Waals surface area contributed by atoms with E-state index < -0.39 is 18.2 Å². The maximum absolute atomic E-state index is 11.1. The zero-order valence-corrected chi connectivity index (χ0v) is 16.3. The first-order valence-corrected chi connectivity index (χ1v) is 8.99. The second kappa shape index (κ2) is 12.6. The molecule has 0 bridgehead atoms. The van der Waals surface area contributed by atoms with Gasteiger partial charge in [0.1, 0.15) is 10.3 Å². The van der Waals surface area contributed by atoms with Gasteiger partial charge in [-0.1, -0.05) is 35.3 Å². The second-order valence-corrected chi connectivity index (χ2v) is 6.04. The van der Waals surface area contributed by atoms with Crippen LogP contribution in [-0.2, 0) is 9.53 Å². The van der Waals surface area contributed by atoms with Gasteiger partial charge in [0.2, 0.25) is 0 Å². The van der Waals surface area contributed by atoms with Crippen LogP contribution < -0.4 is 0 Å². The maximum atomic E-state index is 11.1. The van der Waals surface area contributed by atoms with Gasteiger partial charge in [-0.3, -0.25) is 4.79 Å². The maximum Gasteiger partial charge on any atom is 0.308 e. The molecule has 3 N–H and O–H groups in total. The van der Waals surface area contributed by atoms with E-state index in [2.05, 4.69) is 9.97 Å². The molecule has 7 nitrogen and oxygen atoms in total. The highest BCUT2D eigenvalue weighted by Gasteiger charge is 2.16. The molecule has 0 saturated heterocycles. The number of pyridine rings is 2. The number of hydrogen-bond donors (Lipinski definition) is 3. The number of aromatic nitrogens is 2. The Kier molecular flexibility index (Phi) is 10.8. The lowest BCUT2D eigenvalue weighted by Gasteiger charge is -2.10. The van der Waals surface area contributed by atoms with E-state index >= 15 is 0 Å². The summed E-state index contributed by atoms with van der Waals surface area (Å²) in [6, 6.07) is 6.66. The number of aliphatic hydroxyl groups excluding tert-OH is 3. The van der Waals surface area contributed by atoms with Crippen molar-refractivity contribution in [1.82, 2.24) is 9.97 Å². The van der Waals surface area contributed by atoms with Gasteiger partial charge in [0.15, 0.2) is 0 Å². The Bertz CT molecular complexity index is 718. The van der Waals surface area contributed by atoms with Crippen LogP contribution in [0.25, 0.3) is 0 Å². The molecule has 148 valence electrons. The lowest BCUT2D eigenvalue weighted by Crippen LogP contribution is -2.10. The molecule has 2 rings (SSSR count). The molecule has 0 fully saturated rings. The van der Waals surface area contributed by atoms with Gasteiger partial charge in [-0.25, -0.2) is 9.97 Å². The highest BCUT2D eigenvalue weighted by molar-refractivity contribution is 6.30. The minimum atomic E-state index is -0.967. The van der Waals surface area contributed by atoms with Crippen molar-refractivity contribution in [3.8, 4) is 0 Å². The third-order valence-electron chi connectivity index (χ3n) is 3.36. The van der Waals surface area contributed by atoms with E-state index in [1.54, 1.807) is 37.4 Å². The molecule has 2 aromatic rings. The van der Waals surface area contributed by atoms with Gasteiger partial charge in [0, 0.05) is 36.5 Å². The van der Waals surface area contributed by atoms with Crippen molar-refractivity contribution in [1.29, 1.82) is 0 Å². The van der Waals surface area contributed by atoms with Crippen LogP contribution in [-0.4, -0.2) is 44.5 Å². The molecule has 0 saturated carbocycles. The third kappa shape index (κ3) is 8.19. The van der Waals surface area contributed by atoms with Gasteiger partial charge in [-0.2, -0.15) is 0 Å². The van der Waals surface area contributed by atoms with Gasteiger partial charge in [0.05, 0.1) is 25.2 Å². The van der Waals surface area contributed by atoms with Crippen molar-refractivity contribution in [3.63, 3.8) is 0 Å². The average molecular weight is 417 g/mol. The topological polar surface area (TPSA) is 113 Å². The number of halogens is 2. The van der Waals surface area contributed by atoms with Crippen LogP contribution in [0.4, 0.5) is 0 Å². The molecule has 2 aromatic heterocycles. The standard InChI is InChI=1S/C10H12ClNO3.C8H10ClNO2/c1-2-15-9(14)6-8(13)7-4-3-5-12-10(7)11;9-8-6(2-1-4-10-8)7(12)3-5-11/h3-5,8,13H,2,6H2,1H3;1-2,4,7,11-12H,3,5H2. The van der Waals surface area contributed by atoms with E-state index in [4.69, 9.17) is 33.0 Å². The molecule has 0 amide bonds. The summed E-state index contributed by atoms with van der Waals surface area (Å²) in [5, 5.41) is 28.1. The Balaban J connectivity index is 0.000000277. The van der Waals surface area contributed by atoms with E-state index in [1.165, 1.54) is 6.20 Å². The fourth-order valence-corrected chi connectivity index (χ4v) is 2.55. The summed E-state index contributed by atoms with van der Waals surface area (Å²) in [5.74, 6) is -0.454. The van der Waals surface area contributed by atoms with Crippen LogP contribution in [0, 0.1) is 0 Å². The van der Waals surface area contributed by atoms with Crippen LogP contribution in [0.1, 0.15) is 43.1 Å². The third-order valence-corrected chi connectivity index (χ3v) is 3.99. The molecule has 0 spiro atoms. The van der Waals surface area contributed by atoms with Gasteiger partial charge < -0.3 is 20.1 Å². The molecule has 0 aliphatic carbocycles. The van der Waals surface area contributed by atoms with Crippen molar-refractivity contribution in [2.75, 3.05) is 13.2 Å². The van der Waals surface area contributed by atoms with E-state index in [0.717, 1.165) is 0 Å². The molecule has 2 atom stereocenters. The number of carbonyl (C=O) groups excluding carboxylic acids is 1. The minimum Gasteiger partial charge on any atom is -0.466 e. The number of aliphatic hydroxyl groups is 3. The Labute approximate surface area is 167 Å². The molecule has 2 heterocycles. The van der Waals surface area contributed by atoms with Crippen LogP contribution in [0.15, 0.2) is 36.7 Å². The summed E-state index contributed by atoms with van der Waals surface area (Å²) in [6.45, 7) is 1.94. The normalized spacial score (nSPS) is 12.5. The van der Waals surface area contributed by atoms with Crippen LogP contribution in [0.2, 0.25) is 10.3 Å². The molecule has 0 aromatic carbocycles. The Morgan fingerprint density at radius 1 is 1.07 bits per heavy atom. The lowest BCUT2D eigenvalue weighted by molar-refractivity contribution is -0.145. The molecular formula is C18H22Cl2N2O5. The molecule has 2 unspecified atom stereocenters. The minimum absolute atomic E-state index is 0.0631. The summed E-state index contributed by atoms with van der Waals surface area (Å²) in [4.78, 5) is 18.7. The summed E-state index contributed by atoms with van der Waals surface area (Å²) in [7, 11) is 0. The van der Waals surface area contributed by atoms with E-state index in [9.17, 15) is 15.0 Å². The van der Waals surface area contributed by atoms with Crippen LogP contribution in [0.3, 0.4) is 0 Å². The predicted octanol–water partition coefficient (Wildman–Crippen LogP) is 2.87. The van der Waals surface area contributed by atoms with Crippen molar-refractivity contribution < 1.29 is 24.9 Å². The highest BCUT2D eigenvalue weighted by atomic mass is 35.5. The highest BCUT2D eigenvalue weighted by Crippen LogP contribution is 2.23. The molecule has 0 radical (unpaired) electrons. The molecule has 0 aliphatic heterocycles. The van der Waals surface area contributed by atoms with Crippen molar-refractivity contribution in [3.05, 3.63) is 58.1 Å². The molecule has 27 heavy (non-hydrogen) atoms. The van der Waals surface area contributed by atoms with Crippen LogP contribution in [0.5, 0.6) is 0 Å². The summed E-state index contributed by atoms with van der Waals surface area (Å²) < 4.78 is 4.71. The number of rotatable bonds is 7. The number of ether oxygens (including phenoxy) is 1. The largest absolute Gasteiger partial charge is 0.466 e. The molecular weight excluding hydrogens is 395 g/mol. The van der Waals surface area contributed by atoms with E-state index in [-0.39, 0.29) is 24.6 Å². The molecule has 9 heteroatoms. The smallest absolute Gasteiger partial charge is 0.308 e. The first kappa shape index (κ1) is 23.3. The summed E-state index contributed by atoms with van der Waals surface area (Å²) >= 11 is 11.5. The van der Waals surface area contributed by atoms with Crippen LogP contribution >= 0.6 is 23.2 Å². The Morgan fingerprint density at radius 3 is 2.04 bits per heavy atom. The van der Waals surface area contributed by atoms with Crippen molar-refractivity contribution in [2.24, 2.45) is 0 Å². The number of hydrogen-bond acceptors (Lipinski definition) is 7. The average Bonchev–Trinajstić information content (AvgIpc) is 2.63. The number of nitrogens with zero attached hydrogens (tertiary/aromatic N) is 2. The summed E-state index contributed by atoms with van der Waals surface area (Å²) in [5.41, 5.74) is 1.00. The Hall–Kier alpha value is -1.77. The lowest BCUT2D eigenvalue weighted by atomic mass is 10.1. The van der Waals surface area contributed by atoms with Crippen molar-refractivity contribution in [2.45, 2.75) is 32.0 Å². The first-order chi connectivity index (χ1) is 12.9. The zero-order valence-electron chi connectivity index (χ0n) is 14.8. The van der Waals surface area contributed by atoms with E-state index in [0.29, 0.717) is 22.9 Å². The summed E-state index contributed by atoms with van der Waals surface area (Å²) in [6.07, 6.45) is 1.55. The first-order valence-electron chi connectivity index (χ1n) is 8.24. The van der Waals surface area contributed by atoms with Crippen molar-refractivity contribution >= 4 is 29.2 Å². The second-order valence-electron chi connectivity index (χ2n) is 5.32. The molecule has 0 aliphatic rings. The predicted molar refractivity (Wildman–Crippen MR) is 101 cm³/mol.